The lowest BCUT2D eigenvalue weighted by Crippen LogP contribution is -2.25. The number of carbonyl (C=O) groups is 1. The number of rotatable bonds is 5. The van der Waals surface area contributed by atoms with Crippen LogP contribution in [-0.2, 0) is 4.79 Å². The van der Waals surface area contributed by atoms with E-state index in [1.807, 2.05) is 31.2 Å². The van der Waals surface area contributed by atoms with E-state index >= 15 is 0 Å². The minimum Gasteiger partial charge on any atom is -0.481 e. The Bertz CT molecular complexity index is 751. The Morgan fingerprint density at radius 2 is 1.79 bits per heavy atom. The largest absolute Gasteiger partial charge is 0.481 e. The molecule has 5 nitrogen and oxygen atoms in total. The second-order valence-electron chi connectivity index (χ2n) is 5.20. The fraction of sp³-hybridized carbons (Fsp3) is 0.176. The third-order valence-corrected chi connectivity index (χ3v) is 4.35. The molecule has 0 aliphatic heterocycles. The summed E-state index contributed by atoms with van der Waals surface area (Å²) in [6.45, 7) is 3.64. The van der Waals surface area contributed by atoms with Crippen LogP contribution in [0.5, 0.6) is 5.75 Å². The molecule has 0 saturated heterocycles. The number of nitrogens with zero attached hydrogens (tertiary/aromatic N) is 1. The Labute approximate surface area is 157 Å². The number of amides is 1. The molecule has 0 saturated carbocycles. The molecular weight excluding hydrogens is 438 g/mol. The maximum Gasteiger partial charge on any atom is 0.277 e. The molecule has 24 heavy (non-hydrogen) atoms. The number of nitrogen functional groups attached to an aromatic ring is 1. The fourth-order valence-corrected chi connectivity index (χ4v) is 3.57. The normalized spacial score (nSPS) is 11.2. The van der Waals surface area contributed by atoms with Gasteiger partial charge in [-0.1, -0.05) is 12.1 Å². The first-order valence-corrected chi connectivity index (χ1v) is 8.73. The third-order valence-electron chi connectivity index (χ3n) is 3.17. The third kappa shape index (κ3) is 5.07. The second-order valence-corrected chi connectivity index (χ2v) is 6.91. The highest BCUT2D eigenvalue weighted by Crippen LogP contribution is 2.34. The highest BCUT2D eigenvalue weighted by molar-refractivity contribution is 9.11. The van der Waals surface area contributed by atoms with Crippen LogP contribution >= 0.6 is 31.9 Å². The van der Waals surface area contributed by atoms with Gasteiger partial charge in [0, 0.05) is 5.69 Å². The highest BCUT2D eigenvalue weighted by atomic mass is 79.9. The minimum atomic E-state index is -0.343. The zero-order valence-electron chi connectivity index (χ0n) is 13.3. The first-order chi connectivity index (χ1) is 11.4. The number of aryl methyl sites for hydroxylation is 1. The van der Waals surface area contributed by atoms with Gasteiger partial charge in [-0.2, -0.15) is 5.10 Å². The number of nitrogens with one attached hydrogen (secondary N) is 1. The van der Waals surface area contributed by atoms with Crippen molar-refractivity contribution in [1.29, 1.82) is 0 Å². The van der Waals surface area contributed by atoms with E-state index in [-0.39, 0.29) is 12.5 Å². The molecule has 0 unspecified atom stereocenters. The van der Waals surface area contributed by atoms with Crippen LogP contribution in [0.3, 0.4) is 0 Å². The molecule has 7 heteroatoms. The number of hydrogen-bond acceptors (Lipinski definition) is 4. The number of carbonyl (C=O) groups excluding carboxylic acids is 1. The van der Waals surface area contributed by atoms with Crippen LogP contribution in [0.15, 0.2) is 50.4 Å². The van der Waals surface area contributed by atoms with Gasteiger partial charge in [-0.25, -0.2) is 5.43 Å². The molecule has 0 spiro atoms. The van der Waals surface area contributed by atoms with E-state index in [1.54, 1.807) is 19.1 Å². The summed E-state index contributed by atoms with van der Waals surface area (Å²) < 4.78 is 7.11. The number of anilines is 1. The van der Waals surface area contributed by atoms with Crippen molar-refractivity contribution in [3.05, 3.63) is 56.5 Å². The molecule has 2 rings (SSSR count). The molecule has 0 aliphatic rings. The van der Waals surface area contributed by atoms with Crippen molar-refractivity contribution < 1.29 is 9.53 Å². The van der Waals surface area contributed by atoms with Gasteiger partial charge in [-0.15, -0.1) is 0 Å². The Morgan fingerprint density at radius 3 is 2.38 bits per heavy atom. The average molecular weight is 455 g/mol. The topological polar surface area (TPSA) is 76.7 Å². The van der Waals surface area contributed by atoms with Crippen molar-refractivity contribution >= 4 is 49.2 Å². The van der Waals surface area contributed by atoms with E-state index in [4.69, 9.17) is 10.5 Å². The van der Waals surface area contributed by atoms with Crippen molar-refractivity contribution in [3.63, 3.8) is 0 Å². The summed E-state index contributed by atoms with van der Waals surface area (Å²) in [7, 11) is 0. The summed E-state index contributed by atoms with van der Waals surface area (Å²) in [4.78, 5) is 11.9. The SMILES string of the molecule is CC(=NNC(=O)COc1c(Br)cc(C)cc1Br)c1ccc(N)cc1. The molecule has 126 valence electrons. The van der Waals surface area contributed by atoms with Gasteiger partial charge >= 0.3 is 0 Å². The summed E-state index contributed by atoms with van der Waals surface area (Å²) in [5.74, 6) is 0.235. The van der Waals surface area contributed by atoms with Gasteiger partial charge in [0.1, 0.15) is 5.75 Å². The Balaban J connectivity index is 1.94. The summed E-state index contributed by atoms with van der Waals surface area (Å²) in [5.41, 5.74) is 11.4. The predicted octanol–water partition coefficient (Wildman–Crippen LogP) is 4.02. The number of hydrogen-bond donors (Lipinski definition) is 2. The zero-order valence-corrected chi connectivity index (χ0v) is 16.4. The van der Waals surface area contributed by atoms with Crippen LogP contribution in [0.1, 0.15) is 18.1 Å². The van der Waals surface area contributed by atoms with Gasteiger partial charge in [0.05, 0.1) is 14.7 Å². The predicted molar refractivity (Wildman–Crippen MR) is 103 cm³/mol. The van der Waals surface area contributed by atoms with E-state index in [9.17, 15) is 4.79 Å². The van der Waals surface area contributed by atoms with Crippen LogP contribution in [0.2, 0.25) is 0 Å². The molecule has 3 N–H and O–H groups in total. The molecule has 0 atom stereocenters. The smallest absolute Gasteiger partial charge is 0.277 e. The van der Waals surface area contributed by atoms with E-state index in [0.29, 0.717) is 17.1 Å². The van der Waals surface area contributed by atoms with Crippen LogP contribution in [0.4, 0.5) is 5.69 Å². The summed E-state index contributed by atoms with van der Waals surface area (Å²) in [5, 5.41) is 4.07. The molecule has 0 radical (unpaired) electrons. The van der Waals surface area contributed by atoms with Crippen LogP contribution < -0.4 is 15.9 Å². The van der Waals surface area contributed by atoms with Gasteiger partial charge in [-0.3, -0.25) is 4.79 Å². The van der Waals surface area contributed by atoms with E-state index in [2.05, 4.69) is 42.4 Å². The monoisotopic (exact) mass is 453 g/mol. The molecule has 0 bridgehead atoms. The molecule has 0 aliphatic carbocycles. The van der Waals surface area contributed by atoms with Crippen LogP contribution in [-0.4, -0.2) is 18.2 Å². The Morgan fingerprint density at radius 1 is 1.21 bits per heavy atom. The van der Waals surface area contributed by atoms with Crippen molar-refractivity contribution in [2.75, 3.05) is 12.3 Å². The first-order valence-electron chi connectivity index (χ1n) is 7.14. The number of hydrazone groups is 1. The van der Waals surface area contributed by atoms with Crippen molar-refractivity contribution in [2.24, 2.45) is 5.10 Å². The quantitative estimate of drug-likeness (QED) is 0.407. The summed E-state index contributed by atoms with van der Waals surface area (Å²) in [6, 6.07) is 11.1. The van der Waals surface area contributed by atoms with Gasteiger partial charge in [-0.05, 0) is 81.1 Å². The first kappa shape index (κ1) is 18.5. The zero-order chi connectivity index (χ0) is 17.7. The average Bonchev–Trinajstić information content (AvgIpc) is 2.52. The maximum atomic E-state index is 11.9. The molecule has 0 fully saturated rings. The van der Waals surface area contributed by atoms with Crippen LogP contribution in [0.25, 0.3) is 0 Å². The molecule has 0 heterocycles. The maximum absolute atomic E-state index is 11.9. The Hall–Kier alpha value is -1.86. The molecule has 2 aromatic carbocycles. The number of nitrogens with two attached hydrogens (primary N) is 1. The molecular formula is C17H17Br2N3O2. The number of halogens is 2. The highest BCUT2D eigenvalue weighted by Gasteiger charge is 2.10. The lowest BCUT2D eigenvalue weighted by molar-refractivity contribution is -0.123. The van der Waals surface area contributed by atoms with Crippen LogP contribution in [0, 0.1) is 6.92 Å². The lowest BCUT2D eigenvalue weighted by Gasteiger charge is -2.10. The Kier molecular flexibility index (Phi) is 6.39. The summed E-state index contributed by atoms with van der Waals surface area (Å²) >= 11 is 6.84. The van der Waals surface area contributed by atoms with E-state index in [1.165, 1.54) is 0 Å². The van der Waals surface area contributed by atoms with Crippen molar-refractivity contribution in [3.8, 4) is 5.75 Å². The molecule has 2 aromatic rings. The van der Waals surface area contributed by atoms with Crippen molar-refractivity contribution in [2.45, 2.75) is 13.8 Å². The van der Waals surface area contributed by atoms with Gasteiger partial charge < -0.3 is 10.5 Å². The minimum absolute atomic E-state index is 0.140. The number of ether oxygens (including phenoxy) is 1. The van der Waals surface area contributed by atoms with Gasteiger partial charge in [0.25, 0.3) is 5.91 Å². The standard InChI is InChI=1S/C17H17Br2N3O2/c1-10-7-14(18)17(15(19)8-10)24-9-16(23)22-21-11(2)12-3-5-13(20)6-4-12/h3-8H,9,20H2,1-2H3,(H,22,23). The van der Waals surface area contributed by atoms with Gasteiger partial charge in [0.2, 0.25) is 0 Å². The molecule has 1 amide bonds. The van der Waals surface area contributed by atoms with Crippen molar-refractivity contribution in [1.82, 2.24) is 5.43 Å². The molecule has 0 aromatic heterocycles. The lowest BCUT2D eigenvalue weighted by atomic mass is 10.1. The fourth-order valence-electron chi connectivity index (χ4n) is 1.93. The van der Waals surface area contributed by atoms with E-state index in [0.717, 1.165) is 20.1 Å². The van der Waals surface area contributed by atoms with E-state index < -0.39 is 0 Å². The summed E-state index contributed by atoms with van der Waals surface area (Å²) in [6.07, 6.45) is 0. The van der Waals surface area contributed by atoms with Gasteiger partial charge in [0.15, 0.2) is 6.61 Å². The number of benzene rings is 2. The second kappa shape index (κ2) is 8.30.